The first-order chi connectivity index (χ1) is 14.7. The van der Waals surface area contributed by atoms with E-state index in [4.69, 9.17) is 11.6 Å². The van der Waals surface area contributed by atoms with Gasteiger partial charge in [0.2, 0.25) is 0 Å². The van der Waals surface area contributed by atoms with Gasteiger partial charge in [0, 0.05) is 23.5 Å². The molecule has 3 aromatic rings. The summed E-state index contributed by atoms with van der Waals surface area (Å²) in [5.74, 6) is 0.640. The number of hydrazone groups is 1. The highest BCUT2D eigenvalue weighted by Gasteiger charge is 2.13. The molecule has 8 nitrogen and oxygen atoms in total. The van der Waals surface area contributed by atoms with Crippen molar-refractivity contribution in [2.45, 2.75) is 18.2 Å². The topological polar surface area (TPSA) is 97.1 Å². The second-order valence-electron chi connectivity index (χ2n) is 5.99. The molecule has 10 heteroatoms. The van der Waals surface area contributed by atoms with Gasteiger partial charge in [0.05, 0.1) is 24.2 Å². The van der Waals surface area contributed by atoms with Crippen LogP contribution in [-0.2, 0) is 17.9 Å². The number of anilines is 1. The third kappa shape index (κ3) is 6.43. The number of hydrogen-bond acceptors (Lipinski definition) is 7. The Bertz CT molecular complexity index is 1010. The molecule has 2 aromatic heterocycles. The number of allylic oxidation sites excluding steroid dienone is 1. The lowest BCUT2D eigenvalue weighted by atomic mass is 10.3. The molecule has 0 saturated heterocycles. The number of hydrogen-bond donors (Lipinski definition) is 2. The molecule has 0 bridgehead atoms. The number of carbonyl (C=O) groups is 1. The Morgan fingerprint density at radius 1 is 1.23 bits per heavy atom. The van der Waals surface area contributed by atoms with Gasteiger partial charge in [0.1, 0.15) is 0 Å². The van der Waals surface area contributed by atoms with E-state index in [-0.39, 0.29) is 11.7 Å². The first-order valence-electron chi connectivity index (χ1n) is 9.04. The van der Waals surface area contributed by atoms with E-state index < -0.39 is 0 Å². The zero-order valence-corrected chi connectivity index (χ0v) is 17.6. The van der Waals surface area contributed by atoms with E-state index in [1.165, 1.54) is 18.0 Å². The number of nitrogens with zero attached hydrogens (tertiary/aromatic N) is 5. The average Bonchev–Trinajstić information content (AvgIpc) is 3.14. The first-order valence-corrected chi connectivity index (χ1v) is 10.4. The van der Waals surface area contributed by atoms with Crippen LogP contribution in [0.3, 0.4) is 0 Å². The summed E-state index contributed by atoms with van der Waals surface area (Å²) in [4.78, 5) is 16.2. The Morgan fingerprint density at radius 3 is 2.80 bits per heavy atom. The quantitative estimate of drug-likeness (QED) is 0.217. The fourth-order valence-electron chi connectivity index (χ4n) is 2.40. The summed E-state index contributed by atoms with van der Waals surface area (Å²) in [5.41, 5.74) is 4.06. The second kappa shape index (κ2) is 11.1. The Morgan fingerprint density at radius 2 is 2.07 bits per heavy atom. The molecule has 0 atom stereocenters. The van der Waals surface area contributed by atoms with Gasteiger partial charge in [-0.05, 0) is 36.4 Å². The van der Waals surface area contributed by atoms with Crippen molar-refractivity contribution in [1.29, 1.82) is 0 Å². The maximum atomic E-state index is 12.1. The Hall–Kier alpha value is -3.17. The van der Waals surface area contributed by atoms with E-state index in [2.05, 4.69) is 37.6 Å². The van der Waals surface area contributed by atoms with Crippen LogP contribution < -0.4 is 10.7 Å². The molecule has 3 rings (SSSR count). The Kier molecular flexibility index (Phi) is 7.99. The molecule has 30 heavy (non-hydrogen) atoms. The fraction of sp³-hybridized carbons (Fsp3) is 0.150. The van der Waals surface area contributed by atoms with E-state index >= 15 is 0 Å². The van der Waals surface area contributed by atoms with Crippen molar-refractivity contribution in [3.63, 3.8) is 0 Å². The number of amides is 1. The number of benzene rings is 1. The van der Waals surface area contributed by atoms with Crippen LogP contribution in [-0.4, -0.2) is 37.6 Å². The van der Waals surface area contributed by atoms with Gasteiger partial charge in [-0.15, -0.1) is 16.8 Å². The van der Waals surface area contributed by atoms with E-state index in [1.54, 1.807) is 18.3 Å². The minimum Gasteiger partial charge on any atom is -0.378 e. The molecular formula is C20H20ClN7OS. The molecule has 1 amide bonds. The highest BCUT2D eigenvalue weighted by Crippen LogP contribution is 2.19. The maximum absolute atomic E-state index is 12.1. The van der Waals surface area contributed by atoms with E-state index in [0.717, 1.165) is 11.5 Å². The van der Waals surface area contributed by atoms with Gasteiger partial charge < -0.3 is 9.88 Å². The highest BCUT2D eigenvalue weighted by atomic mass is 35.5. The molecular weight excluding hydrogens is 422 g/mol. The van der Waals surface area contributed by atoms with E-state index in [1.807, 2.05) is 41.0 Å². The molecule has 0 aliphatic rings. The van der Waals surface area contributed by atoms with Gasteiger partial charge in [-0.3, -0.25) is 9.78 Å². The molecule has 0 radical (unpaired) electrons. The summed E-state index contributed by atoms with van der Waals surface area (Å²) in [6, 6.07) is 12.9. The van der Waals surface area contributed by atoms with Crippen molar-refractivity contribution in [3.8, 4) is 0 Å². The van der Waals surface area contributed by atoms with E-state index in [0.29, 0.717) is 29.0 Å². The molecule has 0 saturated carbocycles. The Balaban J connectivity index is 1.54. The minimum absolute atomic E-state index is 0.152. The average molecular weight is 442 g/mol. The first kappa shape index (κ1) is 21.5. The highest BCUT2D eigenvalue weighted by molar-refractivity contribution is 7.99. The van der Waals surface area contributed by atoms with Crippen molar-refractivity contribution >= 4 is 41.2 Å². The molecule has 2 N–H and O–H groups in total. The number of aromatic nitrogens is 4. The lowest BCUT2D eigenvalue weighted by molar-refractivity contribution is -0.118. The molecule has 0 unspecified atom stereocenters. The van der Waals surface area contributed by atoms with Crippen molar-refractivity contribution in [2.75, 3.05) is 11.1 Å². The van der Waals surface area contributed by atoms with Gasteiger partial charge in [0.25, 0.3) is 5.91 Å². The molecule has 154 valence electrons. The summed E-state index contributed by atoms with van der Waals surface area (Å²) in [6.45, 7) is 4.80. The summed E-state index contributed by atoms with van der Waals surface area (Å²) in [6.07, 6.45) is 4.91. The fourth-order valence-corrected chi connectivity index (χ4v) is 3.29. The van der Waals surface area contributed by atoms with Crippen LogP contribution in [0.1, 0.15) is 11.5 Å². The van der Waals surface area contributed by atoms with Gasteiger partial charge in [-0.25, -0.2) is 5.43 Å². The summed E-state index contributed by atoms with van der Waals surface area (Å²) in [5, 5.41) is 16.9. The predicted octanol–water partition coefficient (Wildman–Crippen LogP) is 3.37. The molecule has 1 aromatic carbocycles. The molecule has 0 spiro atoms. The summed E-state index contributed by atoms with van der Waals surface area (Å²) in [7, 11) is 0. The van der Waals surface area contributed by atoms with Crippen molar-refractivity contribution in [1.82, 2.24) is 25.2 Å². The SMILES string of the molecule is C=CCn1c(CNc2ccc(Cl)cc2)nnc1SCC(=O)NN=Cc1ccccn1. The van der Waals surface area contributed by atoms with Gasteiger partial charge in [-0.2, -0.15) is 5.10 Å². The summed E-state index contributed by atoms with van der Waals surface area (Å²) >= 11 is 7.19. The van der Waals surface area contributed by atoms with Crippen molar-refractivity contribution in [3.05, 3.63) is 77.9 Å². The molecule has 0 aliphatic heterocycles. The standard InChI is InChI=1S/C20H20ClN7OS/c1-2-11-28-18(13-23-16-8-6-15(21)7-9-16)25-27-20(28)30-14-19(29)26-24-12-17-5-3-4-10-22-17/h2-10,12,23H,1,11,13-14H2,(H,26,29). The van der Waals surface area contributed by atoms with Crippen LogP contribution in [0.25, 0.3) is 0 Å². The zero-order valence-electron chi connectivity index (χ0n) is 16.0. The van der Waals surface area contributed by atoms with Crippen molar-refractivity contribution < 1.29 is 4.79 Å². The second-order valence-corrected chi connectivity index (χ2v) is 7.37. The smallest absolute Gasteiger partial charge is 0.250 e. The van der Waals surface area contributed by atoms with Crippen LogP contribution in [0.2, 0.25) is 5.02 Å². The minimum atomic E-state index is -0.249. The Labute approximate surface area is 183 Å². The van der Waals surface area contributed by atoms with Crippen molar-refractivity contribution in [2.24, 2.45) is 5.10 Å². The van der Waals surface area contributed by atoms with Crippen LogP contribution in [0.4, 0.5) is 5.69 Å². The maximum Gasteiger partial charge on any atom is 0.250 e. The number of pyridine rings is 1. The zero-order chi connectivity index (χ0) is 21.2. The summed E-state index contributed by atoms with van der Waals surface area (Å²) < 4.78 is 1.91. The predicted molar refractivity (Wildman–Crippen MR) is 120 cm³/mol. The number of halogens is 1. The van der Waals surface area contributed by atoms with Crippen LogP contribution in [0, 0.1) is 0 Å². The van der Waals surface area contributed by atoms with Gasteiger partial charge in [-0.1, -0.05) is 35.5 Å². The molecule has 0 fully saturated rings. The van der Waals surface area contributed by atoms with Gasteiger partial charge in [0.15, 0.2) is 11.0 Å². The molecule has 0 aliphatic carbocycles. The third-order valence-corrected chi connectivity index (χ3v) is 5.02. The lowest BCUT2D eigenvalue weighted by Crippen LogP contribution is -2.20. The van der Waals surface area contributed by atoms with Crippen LogP contribution >= 0.6 is 23.4 Å². The number of thioether (sulfide) groups is 1. The lowest BCUT2D eigenvalue weighted by Gasteiger charge is -2.09. The van der Waals surface area contributed by atoms with Gasteiger partial charge >= 0.3 is 0 Å². The van der Waals surface area contributed by atoms with Crippen LogP contribution in [0.5, 0.6) is 0 Å². The number of rotatable bonds is 10. The van der Waals surface area contributed by atoms with E-state index in [9.17, 15) is 4.79 Å². The normalized spacial score (nSPS) is 10.8. The molecule has 2 heterocycles. The number of carbonyl (C=O) groups excluding carboxylic acids is 1. The largest absolute Gasteiger partial charge is 0.378 e. The third-order valence-electron chi connectivity index (χ3n) is 3.81. The number of nitrogens with one attached hydrogen (secondary N) is 2. The van der Waals surface area contributed by atoms with Crippen LogP contribution in [0.15, 0.2) is 71.6 Å². The monoisotopic (exact) mass is 441 g/mol.